The monoisotopic (exact) mass is 292 g/mol. The maximum atomic E-state index is 13.4. The molecule has 1 unspecified atom stereocenters. The van der Waals surface area contributed by atoms with Gasteiger partial charge < -0.3 is 5.11 Å². The summed E-state index contributed by atoms with van der Waals surface area (Å²) in [5.41, 5.74) is 1.59. The predicted molar refractivity (Wildman–Crippen MR) is 71.6 cm³/mol. The Hall–Kier alpha value is -2.24. The van der Waals surface area contributed by atoms with E-state index in [2.05, 4.69) is 5.10 Å². The molecule has 0 radical (unpaired) electrons. The van der Waals surface area contributed by atoms with Gasteiger partial charge in [-0.3, -0.25) is 0 Å². The lowest BCUT2D eigenvalue weighted by molar-refractivity contribution is 0.0688. The fourth-order valence-corrected chi connectivity index (χ4v) is 2.84. The van der Waals surface area contributed by atoms with Crippen LogP contribution in [0.4, 0.5) is 8.78 Å². The number of fused-ring (bicyclic) bond motifs is 1. The van der Waals surface area contributed by atoms with Crippen molar-refractivity contribution < 1.29 is 18.7 Å². The fourth-order valence-electron chi connectivity index (χ4n) is 2.84. The Kier molecular flexibility index (Phi) is 3.23. The standard InChI is InChI=1S/C15H14F2N2O2/c1-8-2-3-13-12(4-8)14(15(20)21)18-19(13)11-6-9(16)5-10(17)7-11/h5-8H,2-4H2,1H3,(H,20,21). The van der Waals surface area contributed by atoms with Gasteiger partial charge in [-0.15, -0.1) is 0 Å². The molecule has 0 bridgehead atoms. The molecular formula is C15H14F2N2O2. The van der Waals surface area contributed by atoms with E-state index >= 15 is 0 Å². The second-order valence-electron chi connectivity index (χ2n) is 5.47. The first kappa shape index (κ1) is 13.7. The number of aromatic nitrogens is 2. The molecule has 1 aliphatic carbocycles. The lowest BCUT2D eigenvalue weighted by Crippen LogP contribution is -2.14. The van der Waals surface area contributed by atoms with Gasteiger partial charge in [-0.05, 0) is 37.3 Å². The van der Waals surface area contributed by atoms with Gasteiger partial charge >= 0.3 is 5.97 Å². The summed E-state index contributed by atoms with van der Waals surface area (Å²) >= 11 is 0. The highest BCUT2D eigenvalue weighted by molar-refractivity contribution is 5.87. The van der Waals surface area contributed by atoms with Crippen LogP contribution < -0.4 is 0 Å². The summed E-state index contributed by atoms with van der Waals surface area (Å²) in [5.74, 6) is -2.17. The van der Waals surface area contributed by atoms with E-state index in [1.165, 1.54) is 4.68 Å². The molecule has 110 valence electrons. The molecule has 1 aliphatic rings. The number of nitrogens with zero attached hydrogens (tertiary/aromatic N) is 2. The highest BCUT2D eigenvalue weighted by atomic mass is 19.1. The predicted octanol–water partition coefficient (Wildman–Crippen LogP) is 2.97. The van der Waals surface area contributed by atoms with E-state index in [0.717, 1.165) is 30.3 Å². The number of rotatable bonds is 2. The van der Waals surface area contributed by atoms with Crippen molar-refractivity contribution in [2.75, 3.05) is 0 Å². The molecule has 0 saturated heterocycles. The zero-order valence-corrected chi connectivity index (χ0v) is 11.4. The van der Waals surface area contributed by atoms with E-state index in [0.29, 0.717) is 24.3 Å². The topological polar surface area (TPSA) is 55.1 Å². The van der Waals surface area contributed by atoms with Crippen molar-refractivity contribution in [2.45, 2.75) is 26.2 Å². The number of hydrogen-bond donors (Lipinski definition) is 1. The van der Waals surface area contributed by atoms with Gasteiger partial charge in [-0.2, -0.15) is 5.10 Å². The molecule has 6 heteroatoms. The van der Waals surface area contributed by atoms with Crippen LogP contribution in [0.2, 0.25) is 0 Å². The molecular weight excluding hydrogens is 278 g/mol. The number of aromatic carboxylic acids is 1. The molecule has 3 rings (SSSR count). The number of carboxylic acids is 1. The summed E-state index contributed by atoms with van der Waals surface area (Å²) in [6.07, 6.45) is 2.17. The normalized spacial score (nSPS) is 17.6. The van der Waals surface area contributed by atoms with E-state index in [1.807, 2.05) is 6.92 Å². The van der Waals surface area contributed by atoms with Crippen LogP contribution in [0.5, 0.6) is 0 Å². The van der Waals surface area contributed by atoms with Crippen LogP contribution >= 0.6 is 0 Å². The van der Waals surface area contributed by atoms with Gasteiger partial charge in [-0.1, -0.05) is 6.92 Å². The van der Waals surface area contributed by atoms with Gasteiger partial charge in [0.1, 0.15) is 11.6 Å². The fraction of sp³-hybridized carbons (Fsp3) is 0.333. The molecule has 1 atom stereocenters. The van der Waals surface area contributed by atoms with Gasteiger partial charge in [0.05, 0.1) is 5.69 Å². The van der Waals surface area contributed by atoms with Gasteiger partial charge in [-0.25, -0.2) is 18.3 Å². The quantitative estimate of drug-likeness (QED) is 0.925. The van der Waals surface area contributed by atoms with Crippen molar-refractivity contribution in [1.29, 1.82) is 0 Å². The highest BCUT2D eigenvalue weighted by Crippen LogP contribution is 2.30. The summed E-state index contributed by atoms with van der Waals surface area (Å²) in [4.78, 5) is 11.3. The molecule has 0 fully saturated rings. The van der Waals surface area contributed by atoms with Crippen molar-refractivity contribution >= 4 is 5.97 Å². The Morgan fingerprint density at radius 1 is 1.33 bits per heavy atom. The van der Waals surface area contributed by atoms with Crippen molar-refractivity contribution in [3.05, 3.63) is 46.8 Å². The molecule has 0 saturated carbocycles. The highest BCUT2D eigenvalue weighted by Gasteiger charge is 2.28. The summed E-state index contributed by atoms with van der Waals surface area (Å²) in [6, 6.07) is 3.08. The van der Waals surface area contributed by atoms with Gasteiger partial charge in [0.2, 0.25) is 0 Å². The zero-order valence-electron chi connectivity index (χ0n) is 11.4. The van der Waals surface area contributed by atoms with Crippen LogP contribution in [0.15, 0.2) is 18.2 Å². The smallest absolute Gasteiger partial charge is 0.356 e. The Bertz CT molecular complexity index is 704. The number of carboxylic acid groups (broad SMARTS) is 1. The number of halogens is 2. The average Bonchev–Trinajstić information content (AvgIpc) is 2.76. The maximum absolute atomic E-state index is 13.4. The molecule has 0 aliphatic heterocycles. The van der Waals surface area contributed by atoms with Gasteiger partial charge in [0.25, 0.3) is 0 Å². The first-order valence-electron chi connectivity index (χ1n) is 6.76. The molecule has 0 spiro atoms. The molecule has 1 N–H and O–H groups in total. The Morgan fingerprint density at radius 3 is 2.62 bits per heavy atom. The van der Waals surface area contributed by atoms with E-state index < -0.39 is 17.6 Å². The van der Waals surface area contributed by atoms with Crippen LogP contribution in [0.3, 0.4) is 0 Å². The van der Waals surface area contributed by atoms with Gasteiger partial charge in [0, 0.05) is 17.3 Å². The third kappa shape index (κ3) is 2.41. The Balaban J connectivity index is 2.19. The van der Waals surface area contributed by atoms with Crippen LogP contribution in [-0.4, -0.2) is 20.9 Å². The van der Waals surface area contributed by atoms with E-state index in [-0.39, 0.29) is 11.4 Å². The van der Waals surface area contributed by atoms with Gasteiger partial charge in [0.15, 0.2) is 5.69 Å². The number of carbonyl (C=O) groups is 1. The molecule has 2 aromatic rings. The van der Waals surface area contributed by atoms with E-state index in [4.69, 9.17) is 0 Å². The molecule has 4 nitrogen and oxygen atoms in total. The number of benzene rings is 1. The van der Waals surface area contributed by atoms with E-state index in [1.54, 1.807) is 0 Å². The second kappa shape index (κ2) is 4.95. The van der Waals surface area contributed by atoms with Crippen LogP contribution in [0.1, 0.15) is 35.1 Å². The second-order valence-corrected chi connectivity index (χ2v) is 5.47. The average molecular weight is 292 g/mol. The van der Waals surface area contributed by atoms with Crippen molar-refractivity contribution in [3.63, 3.8) is 0 Å². The zero-order chi connectivity index (χ0) is 15.1. The van der Waals surface area contributed by atoms with Crippen molar-refractivity contribution in [2.24, 2.45) is 5.92 Å². The lowest BCUT2D eigenvalue weighted by Gasteiger charge is -2.19. The summed E-state index contributed by atoms with van der Waals surface area (Å²) < 4.78 is 28.1. The summed E-state index contributed by atoms with van der Waals surface area (Å²) in [6.45, 7) is 2.05. The third-order valence-corrected chi connectivity index (χ3v) is 3.81. The molecule has 1 heterocycles. The summed E-state index contributed by atoms with van der Waals surface area (Å²) in [7, 11) is 0. The minimum Gasteiger partial charge on any atom is -0.476 e. The van der Waals surface area contributed by atoms with Crippen LogP contribution in [-0.2, 0) is 12.8 Å². The van der Waals surface area contributed by atoms with Crippen molar-refractivity contribution in [3.8, 4) is 5.69 Å². The molecule has 21 heavy (non-hydrogen) atoms. The minimum atomic E-state index is -1.11. The third-order valence-electron chi connectivity index (χ3n) is 3.81. The molecule has 0 amide bonds. The van der Waals surface area contributed by atoms with Crippen molar-refractivity contribution in [1.82, 2.24) is 9.78 Å². The maximum Gasteiger partial charge on any atom is 0.356 e. The molecule has 1 aromatic carbocycles. The van der Waals surface area contributed by atoms with Crippen LogP contribution in [0, 0.1) is 17.6 Å². The Labute approximate surface area is 120 Å². The Morgan fingerprint density at radius 2 is 2.00 bits per heavy atom. The number of hydrogen-bond acceptors (Lipinski definition) is 2. The summed E-state index contributed by atoms with van der Waals surface area (Å²) in [5, 5.41) is 13.3. The molecule has 1 aromatic heterocycles. The minimum absolute atomic E-state index is 0.0266. The first-order chi connectivity index (χ1) is 9.95. The first-order valence-corrected chi connectivity index (χ1v) is 6.76. The van der Waals surface area contributed by atoms with E-state index in [9.17, 15) is 18.7 Å². The SMILES string of the molecule is CC1CCc2c(c(C(=O)O)nn2-c2cc(F)cc(F)c2)C1. The van der Waals surface area contributed by atoms with Crippen LogP contribution in [0.25, 0.3) is 5.69 Å². The lowest BCUT2D eigenvalue weighted by atomic mass is 9.87. The largest absolute Gasteiger partial charge is 0.476 e.